The lowest BCUT2D eigenvalue weighted by molar-refractivity contribution is 0.0866. The number of hydrogen-bond acceptors (Lipinski definition) is 3. The van der Waals surface area contributed by atoms with Crippen molar-refractivity contribution in [1.82, 2.24) is 14.9 Å². The summed E-state index contributed by atoms with van der Waals surface area (Å²) in [5.74, 6) is 0. The first-order chi connectivity index (χ1) is 16.2. The second-order valence-electron chi connectivity index (χ2n) is 8.66. The summed E-state index contributed by atoms with van der Waals surface area (Å²) in [6.45, 7) is 4.25. The minimum absolute atomic E-state index is 0.0305. The Morgan fingerprint density at radius 1 is 1.18 bits per heavy atom. The fourth-order valence-electron chi connectivity index (χ4n) is 4.63. The normalized spacial score (nSPS) is 20.6. The highest BCUT2D eigenvalue weighted by Gasteiger charge is 2.39. The summed E-state index contributed by atoms with van der Waals surface area (Å²) in [5.41, 5.74) is 5.14. The number of nitrogens with zero attached hydrogens (tertiary/aromatic N) is 3. The van der Waals surface area contributed by atoms with Gasteiger partial charge in [0.2, 0.25) is 0 Å². The van der Waals surface area contributed by atoms with Crippen molar-refractivity contribution < 1.29 is 9.53 Å². The smallest absolute Gasteiger partial charge is 0.325 e. The summed E-state index contributed by atoms with van der Waals surface area (Å²) in [6, 6.07) is 16.4. The van der Waals surface area contributed by atoms with E-state index in [0.29, 0.717) is 13.1 Å². The van der Waals surface area contributed by atoms with Gasteiger partial charge >= 0.3 is 6.03 Å². The van der Waals surface area contributed by atoms with Crippen LogP contribution in [0.2, 0.25) is 0 Å². The Bertz CT molecular complexity index is 1170. The molecule has 6 nitrogen and oxygen atoms in total. The predicted octanol–water partition coefficient (Wildman–Crippen LogP) is 5.10. The minimum Gasteiger partial charge on any atom is -0.374 e. The van der Waals surface area contributed by atoms with E-state index in [9.17, 15) is 4.79 Å². The van der Waals surface area contributed by atoms with E-state index >= 15 is 0 Å². The van der Waals surface area contributed by atoms with Crippen molar-refractivity contribution in [3.8, 4) is 0 Å². The van der Waals surface area contributed by atoms with Crippen LogP contribution >= 0.6 is 0 Å². The molecule has 33 heavy (non-hydrogen) atoms. The van der Waals surface area contributed by atoms with Crippen molar-refractivity contribution in [2.75, 3.05) is 24.6 Å². The second-order valence-corrected chi connectivity index (χ2v) is 8.66. The molecule has 5 rings (SSSR count). The van der Waals surface area contributed by atoms with Gasteiger partial charge in [-0.05, 0) is 48.6 Å². The molecule has 0 spiro atoms. The summed E-state index contributed by atoms with van der Waals surface area (Å²) in [5, 5.41) is 0. The van der Waals surface area contributed by atoms with Gasteiger partial charge in [-0.1, -0.05) is 55.5 Å². The Labute approximate surface area is 194 Å². The fraction of sp³-hybridized carbons (Fsp3) is 0.333. The van der Waals surface area contributed by atoms with E-state index in [-0.39, 0.29) is 18.2 Å². The van der Waals surface area contributed by atoms with Gasteiger partial charge in [0.25, 0.3) is 0 Å². The molecule has 0 bridgehead atoms. The number of aromatic nitrogens is 2. The average Bonchev–Trinajstić information content (AvgIpc) is 3.46. The highest BCUT2D eigenvalue weighted by molar-refractivity contribution is 5.97. The minimum atomic E-state index is -0.0305. The zero-order chi connectivity index (χ0) is 22.6. The van der Waals surface area contributed by atoms with E-state index in [1.165, 1.54) is 11.1 Å². The summed E-state index contributed by atoms with van der Waals surface area (Å²) in [4.78, 5) is 25.0. The van der Waals surface area contributed by atoms with E-state index in [0.717, 1.165) is 42.6 Å². The molecular weight excluding hydrogens is 412 g/mol. The van der Waals surface area contributed by atoms with Crippen LogP contribution in [0.25, 0.3) is 11.0 Å². The topological polar surface area (TPSA) is 61.5 Å². The Balaban J connectivity index is 1.39. The van der Waals surface area contributed by atoms with E-state index < -0.39 is 0 Å². The lowest BCUT2D eigenvalue weighted by Gasteiger charge is -2.26. The van der Waals surface area contributed by atoms with E-state index in [2.05, 4.69) is 47.3 Å². The molecule has 1 aliphatic carbocycles. The molecule has 2 aliphatic rings. The summed E-state index contributed by atoms with van der Waals surface area (Å²) < 4.78 is 5.89. The third kappa shape index (κ3) is 4.57. The van der Waals surface area contributed by atoms with Crippen molar-refractivity contribution in [3.63, 3.8) is 0 Å². The number of carbonyl (C=O) groups is 1. The molecule has 2 aromatic carbocycles. The first kappa shape index (κ1) is 21.5. The first-order valence-corrected chi connectivity index (χ1v) is 11.8. The fourth-order valence-corrected chi connectivity index (χ4v) is 4.63. The molecular formula is C27H30N4O2. The van der Waals surface area contributed by atoms with Gasteiger partial charge in [-0.2, -0.15) is 0 Å². The maximum absolute atomic E-state index is 13.6. The molecule has 2 amide bonds. The summed E-state index contributed by atoms with van der Waals surface area (Å²) in [7, 11) is 0. The molecule has 170 valence electrons. The van der Waals surface area contributed by atoms with Crippen LogP contribution in [0.4, 0.5) is 10.5 Å². The van der Waals surface area contributed by atoms with E-state index in [1.807, 2.05) is 46.2 Å². The average molecular weight is 443 g/mol. The highest BCUT2D eigenvalue weighted by atomic mass is 16.5. The monoisotopic (exact) mass is 442 g/mol. The molecule has 2 heterocycles. The number of nitrogens with one attached hydrogen (secondary N) is 1. The number of H-pyrrole nitrogens is 1. The van der Waals surface area contributed by atoms with Gasteiger partial charge < -0.3 is 14.6 Å². The quantitative estimate of drug-likeness (QED) is 0.528. The maximum Gasteiger partial charge on any atom is 0.325 e. The zero-order valence-electron chi connectivity index (χ0n) is 19.0. The number of aromatic amines is 1. The third-order valence-electron chi connectivity index (χ3n) is 6.39. The van der Waals surface area contributed by atoms with Crippen LogP contribution in [0.15, 0.2) is 78.7 Å². The number of urea groups is 1. The molecule has 1 saturated heterocycles. The molecule has 0 radical (unpaired) electrons. The predicted molar refractivity (Wildman–Crippen MR) is 131 cm³/mol. The molecule has 1 fully saturated rings. The number of carbonyl (C=O) groups excluding carboxylic acids is 1. The van der Waals surface area contributed by atoms with Crippen molar-refractivity contribution in [2.24, 2.45) is 0 Å². The molecule has 0 saturated carbocycles. The molecule has 6 heteroatoms. The number of amides is 2. The SMILES string of the molecule is CCCOC1C=CC(C2CN(CCc3ccccc3)C(=O)N2c2ccc3nc[nH]c3c2)=CC1. The molecule has 2 unspecified atom stereocenters. The van der Waals surface area contributed by atoms with Gasteiger partial charge in [0.1, 0.15) is 0 Å². The van der Waals surface area contributed by atoms with Crippen LogP contribution in [0.3, 0.4) is 0 Å². The van der Waals surface area contributed by atoms with Crippen LogP contribution in [-0.2, 0) is 11.2 Å². The Hall–Kier alpha value is -3.38. The molecule has 2 atom stereocenters. The Morgan fingerprint density at radius 2 is 2.06 bits per heavy atom. The lowest BCUT2D eigenvalue weighted by atomic mass is 9.97. The van der Waals surface area contributed by atoms with E-state index in [4.69, 9.17) is 4.74 Å². The Kier molecular flexibility index (Phi) is 6.26. The number of hydrogen-bond donors (Lipinski definition) is 1. The summed E-state index contributed by atoms with van der Waals surface area (Å²) in [6.07, 6.45) is 11.0. The van der Waals surface area contributed by atoms with Crippen LogP contribution in [0.1, 0.15) is 25.3 Å². The molecule has 3 aromatic rings. The van der Waals surface area contributed by atoms with Crippen molar-refractivity contribution >= 4 is 22.8 Å². The number of fused-ring (bicyclic) bond motifs is 1. The van der Waals surface area contributed by atoms with Crippen molar-refractivity contribution in [3.05, 3.63) is 84.2 Å². The largest absolute Gasteiger partial charge is 0.374 e. The van der Waals surface area contributed by atoms with Crippen LogP contribution < -0.4 is 4.90 Å². The second kappa shape index (κ2) is 9.63. The van der Waals surface area contributed by atoms with Gasteiger partial charge in [0.15, 0.2) is 0 Å². The number of anilines is 1. The van der Waals surface area contributed by atoms with Crippen LogP contribution in [-0.4, -0.2) is 52.7 Å². The lowest BCUT2D eigenvalue weighted by Crippen LogP contribution is -2.36. The standard InChI is InChI=1S/C27H30N4O2/c1-2-16-33-23-11-8-21(9-12-23)26-18-30(15-14-20-6-4-3-5-7-20)27(32)31(26)22-10-13-24-25(17-22)29-19-28-24/h3-11,13,17,19,23,26H,2,12,14-16,18H2,1H3,(H,28,29). The number of benzene rings is 2. The van der Waals surface area contributed by atoms with Gasteiger partial charge in [-0.3, -0.25) is 4.90 Å². The van der Waals surface area contributed by atoms with E-state index in [1.54, 1.807) is 6.33 Å². The summed E-state index contributed by atoms with van der Waals surface area (Å²) >= 11 is 0. The Morgan fingerprint density at radius 3 is 2.85 bits per heavy atom. The number of imidazole rings is 1. The number of ether oxygens (including phenoxy) is 1. The van der Waals surface area contributed by atoms with Gasteiger partial charge in [0.05, 0.1) is 29.5 Å². The van der Waals surface area contributed by atoms with Crippen molar-refractivity contribution in [2.45, 2.75) is 38.3 Å². The highest BCUT2D eigenvalue weighted by Crippen LogP contribution is 2.32. The molecule has 1 aromatic heterocycles. The van der Waals surface area contributed by atoms with Gasteiger partial charge in [0, 0.05) is 25.4 Å². The maximum atomic E-state index is 13.6. The van der Waals surface area contributed by atoms with Gasteiger partial charge in [-0.15, -0.1) is 0 Å². The van der Waals surface area contributed by atoms with Crippen LogP contribution in [0, 0.1) is 0 Å². The van der Waals surface area contributed by atoms with Crippen molar-refractivity contribution in [1.29, 1.82) is 0 Å². The first-order valence-electron chi connectivity index (χ1n) is 11.8. The molecule has 1 aliphatic heterocycles. The number of rotatable bonds is 8. The zero-order valence-corrected chi connectivity index (χ0v) is 19.0. The third-order valence-corrected chi connectivity index (χ3v) is 6.39. The molecule has 1 N–H and O–H groups in total. The van der Waals surface area contributed by atoms with Gasteiger partial charge in [-0.25, -0.2) is 9.78 Å². The van der Waals surface area contributed by atoms with Crippen LogP contribution in [0.5, 0.6) is 0 Å².